The highest BCUT2D eigenvalue weighted by Crippen LogP contribution is 2.34. The van der Waals surface area contributed by atoms with Crippen LogP contribution in [0.2, 0.25) is 0 Å². The molecular weight excluding hydrogens is 328 g/mol. The van der Waals surface area contributed by atoms with Crippen LogP contribution in [0.1, 0.15) is 30.9 Å². The lowest BCUT2D eigenvalue weighted by atomic mass is 9.87. The van der Waals surface area contributed by atoms with Crippen LogP contribution in [0.4, 0.5) is 5.82 Å². The Balaban J connectivity index is 1.57. The van der Waals surface area contributed by atoms with Crippen LogP contribution >= 0.6 is 0 Å². The van der Waals surface area contributed by atoms with Crippen molar-refractivity contribution in [1.82, 2.24) is 24.4 Å². The summed E-state index contributed by atoms with van der Waals surface area (Å²) in [6.07, 6.45) is 5.60. The Morgan fingerprint density at radius 1 is 1.19 bits per heavy atom. The Kier molecular flexibility index (Phi) is 4.57. The van der Waals surface area contributed by atoms with Crippen LogP contribution in [0, 0.1) is 0 Å². The third kappa shape index (κ3) is 3.04. The van der Waals surface area contributed by atoms with Crippen molar-refractivity contribution < 1.29 is 5.11 Å². The first kappa shape index (κ1) is 16.9. The van der Waals surface area contributed by atoms with Gasteiger partial charge in [0.05, 0.1) is 18.5 Å². The van der Waals surface area contributed by atoms with E-state index in [9.17, 15) is 5.11 Å². The number of nitrogens with two attached hydrogens (primary N) is 1. The molecule has 3 aromatic rings. The van der Waals surface area contributed by atoms with Crippen LogP contribution in [0.3, 0.4) is 0 Å². The molecule has 3 N–H and O–H groups in total. The number of aliphatic hydroxyl groups is 1. The lowest BCUT2D eigenvalue weighted by Gasteiger charge is -2.40. The predicted octanol–water partition coefficient (Wildman–Crippen LogP) is 1.99. The lowest BCUT2D eigenvalue weighted by molar-refractivity contribution is -0.00579. The summed E-state index contributed by atoms with van der Waals surface area (Å²) in [6, 6.07) is 10.4. The number of aliphatic hydroxyl groups excluding tert-OH is 1. The van der Waals surface area contributed by atoms with E-state index in [1.807, 2.05) is 22.8 Å². The number of likely N-dealkylation sites (N-methyl/N-ethyl adjacent to an activating group) is 1. The van der Waals surface area contributed by atoms with Crippen molar-refractivity contribution in [2.24, 2.45) is 0 Å². The number of benzene rings is 1. The fraction of sp³-hybridized carbons (Fsp3) is 0.421. The molecule has 0 saturated heterocycles. The second-order valence-electron chi connectivity index (χ2n) is 7.04. The summed E-state index contributed by atoms with van der Waals surface area (Å²) in [4.78, 5) is 14.9. The molecule has 1 aliphatic rings. The Bertz CT molecular complexity index is 880. The van der Waals surface area contributed by atoms with Gasteiger partial charge in [0.1, 0.15) is 11.8 Å². The minimum atomic E-state index is -0.494. The highest BCUT2D eigenvalue weighted by molar-refractivity contribution is 5.81. The summed E-state index contributed by atoms with van der Waals surface area (Å²) >= 11 is 0. The predicted molar refractivity (Wildman–Crippen MR) is 100 cm³/mol. The van der Waals surface area contributed by atoms with Gasteiger partial charge in [-0.05, 0) is 31.9 Å². The van der Waals surface area contributed by atoms with E-state index in [4.69, 9.17) is 5.73 Å². The van der Waals surface area contributed by atoms with Crippen LogP contribution in [0.15, 0.2) is 43.0 Å². The van der Waals surface area contributed by atoms with Crippen molar-refractivity contribution in [2.45, 2.75) is 44.0 Å². The van der Waals surface area contributed by atoms with Gasteiger partial charge < -0.3 is 15.4 Å². The topological polar surface area (TPSA) is 93.1 Å². The van der Waals surface area contributed by atoms with Crippen molar-refractivity contribution in [1.29, 1.82) is 0 Å². The maximum atomic E-state index is 11.1. The highest BCUT2D eigenvalue weighted by atomic mass is 16.3. The van der Waals surface area contributed by atoms with Gasteiger partial charge in [-0.15, -0.1) is 0 Å². The fourth-order valence-electron chi connectivity index (χ4n) is 4.02. The first-order valence-corrected chi connectivity index (χ1v) is 9.00. The zero-order valence-corrected chi connectivity index (χ0v) is 14.9. The van der Waals surface area contributed by atoms with E-state index < -0.39 is 6.10 Å². The second-order valence-corrected chi connectivity index (χ2v) is 7.04. The molecule has 0 radical (unpaired) electrons. The van der Waals surface area contributed by atoms with E-state index >= 15 is 0 Å². The molecule has 0 bridgehead atoms. The van der Waals surface area contributed by atoms with Crippen molar-refractivity contribution in [3.05, 3.63) is 48.5 Å². The number of imidazole rings is 1. The average molecular weight is 352 g/mol. The van der Waals surface area contributed by atoms with Gasteiger partial charge in [-0.25, -0.2) is 15.0 Å². The summed E-state index contributed by atoms with van der Waals surface area (Å²) in [6.45, 7) is 0.815. The molecular formula is C19H24N6O. The van der Waals surface area contributed by atoms with Gasteiger partial charge in [0.2, 0.25) is 0 Å². The Labute approximate surface area is 152 Å². The van der Waals surface area contributed by atoms with Crippen LogP contribution in [0.5, 0.6) is 0 Å². The van der Waals surface area contributed by atoms with Crippen molar-refractivity contribution in [3.8, 4) is 0 Å². The summed E-state index contributed by atoms with van der Waals surface area (Å²) in [7, 11) is 2.08. The minimum Gasteiger partial charge on any atom is -0.389 e. The number of nitrogen functional groups attached to an aromatic ring is 1. The summed E-state index contributed by atoms with van der Waals surface area (Å²) in [5.41, 5.74) is 8.43. The van der Waals surface area contributed by atoms with Gasteiger partial charge in [-0.2, -0.15) is 0 Å². The first-order valence-electron chi connectivity index (χ1n) is 9.00. The van der Waals surface area contributed by atoms with Gasteiger partial charge in [0.15, 0.2) is 11.5 Å². The molecule has 4 rings (SSSR count). The molecule has 7 heteroatoms. The van der Waals surface area contributed by atoms with Gasteiger partial charge in [0.25, 0.3) is 0 Å². The van der Waals surface area contributed by atoms with Gasteiger partial charge in [-0.3, -0.25) is 4.90 Å². The minimum absolute atomic E-state index is 0.0636. The third-order valence-electron chi connectivity index (χ3n) is 5.37. The number of hydrogen-bond acceptors (Lipinski definition) is 6. The monoisotopic (exact) mass is 352 g/mol. The van der Waals surface area contributed by atoms with Gasteiger partial charge in [-0.1, -0.05) is 30.3 Å². The maximum Gasteiger partial charge on any atom is 0.165 e. The smallest absolute Gasteiger partial charge is 0.165 e. The summed E-state index contributed by atoms with van der Waals surface area (Å²) in [5, 5.41) is 11.1. The Hall–Kier alpha value is -2.51. The van der Waals surface area contributed by atoms with Crippen molar-refractivity contribution in [3.63, 3.8) is 0 Å². The van der Waals surface area contributed by atoms with Crippen LogP contribution in [-0.4, -0.2) is 48.7 Å². The van der Waals surface area contributed by atoms with Gasteiger partial charge in [0, 0.05) is 12.6 Å². The van der Waals surface area contributed by atoms with Crippen molar-refractivity contribution >= 4 is 17.0 Å². The van der Waals surface area contributed by atoms with Crippen LogP contribution < -0.4 is 5.73 Å². The molecule has 1 fully saturated rings. The molecule has 26 heavy (non-hydrogen) atoms. The second kappa shape index (κ2) is 7.01. The molecule has 0 spiro atoms. The maximum absolute atomic E-state index is 11.1. The normalized spacial score (nSPS) is 23.6. The van der Waals surface area contributed by atoms with E-state index in [1.54, 1.807) is 6.33 Å². The quantitative estimate of drug-likeness (QED) is 0.746. The fourth-order valence-corrected chi connectivity index (χ4v) is 4.02. The van der Waals surface area contributed by atoms with Gasteiger partial charge >= 0.3 is 0 Å². The van der Waals surface area contributed by atoms with Crippen molar-refractivity contribution in [2.75, 3.05) is 12.8 Å². The number of fused-ring (bicyclic) bond motifs is 1. The standard InChI is InChI=1S/C19H24N6O/c1-24(10-13-6-3-2-4-7-13)14-8-5-9-15(17(14)26)25-12-23-16-18(20)21-11-22-19(16)25/h2-4,6-7,11-12,14-15,17,26H,5,8-10H2,1H3,(H2,20,21,22)/t14-,15-,17-/m1/s1. The number of hydrogen-bond donors (Lipinski definition) is 2. The average Bonchev–Trinajstić information content (AvgIpc) is 3.08. The first-order chi connectivity index (χ1) is 12.6. The molecule has 1 aromatic carbocycles. The summed E-state index contributed by atoms with van der Waals surface area (Å²) < 4.78 is 1.96. The molecule has 136 valence electrons. The van der Waals surface area contributed by atoms with E-state index in [-0.39, 0.29) is 12.1 Å². The zero-order chi connectivity index (χ0) is 18.1. The van der Waals surface area contributed by atoms with Crippen LogP contribution in [-0.2, 0) is 6.54 Å². The largest absolute Gasteiger partial charge is 0.389 e. The Morgan fingerprint density at radius 3 is 2.81 bits per heavy atom. The molecule has 7 nitrogen and oxygen atoms in total. The molecule has 0 amide bonds. The van der Waals surface area contributed by atoms with E-state index in [0.29, 0.717) is 17.0 Å². The molecule has 0 aliphatic heterocycles. The number of rotatable bonds is 4. The molecule has 1 aliphatic carbocycles. The Morgan fingerprint density at radius 2 is 2.00 bits per heavy atom. The molecule has 0 unspecified atom stereocenters. The lowest BCUT2D eigenvalue weighted by Crippen LogP contribution is -2.47. The third-order valence-corrected chi connectivity index (χ3v) is 5.37. The molecule has 2 heterocycles. The number of nitrogens with zero attached hydrogens (tertiary/aromatic N) is 5. The number of anilines is 1. The van der Waals surface area contributed by atoms with E-state index in [2.05, 4.69) is 39.0 Å². The summed E-state index contributed by atoms with van der Waals surface area (Å²) in [5.74, 6) is 0.372. The zero-order valence-electron chi connectivity index (χ0n) is 14.9. The SMILES string of the molecule is CN(Cc1ccccc1)[C@@H]1CCC[C@@H](n2cnc3c(N)ncnc32)[C@@H]1O. The molecule has 2 aromatic heterocycles. The van der Waals surface area contributed by atoms with E-state index in [1.165, 1.54) is 11.9 Å². The molecule has 1 saturated carbocycles. The van der Waals surface area contributed by atoms with E-state index in [0.717, 1.165) is 25.8 Å². The number of aromatic nitrogens is 4. The highest BCUT2D eigenvalue weighted by Gasteiger charge is 2.36. The van der Waals surface area contributed by atoms with Crippen LogP contribution in [0.25, 0.3) is 11.2 Å². The molecule has 3 atom stereocenters.